The Morgan fingerprint density at radius 3 is 2.56 bits per heavy atom. The van der Waals surface area contributed by atoms with Crippen LogP contribution in [-0.4, -0.2) is 70.4 Å². The van der Waals surface area contributed by atoms with Crippen LogP contribution in [-0.2, 0) is 29.2 Å². The second kappa shape index (κ2) is 11.1. The van der Waals surface area contributed by atoms with Gasteiger partial charge in [0.1, 0.15) is 35.7 Å². The third-order valence-electron chi connectivity index (χ3n) is 8.24. The molecule has 220 valence electrons. The second-order valence-corrected chi connectivity index (χ2v) is 11.8. The van der Waals surface area contributed by atoms with E-state index in [4.69, 9.17) is 5.10 Å². The van der Waals surface area contributed by atoms with E-state index in [1.165, 1.54) is 4.90 Å². The molecule has 0 radical (unpaired) electrons. The van der Waals surface area contributed by atoms with E-state index in [9.17, 15) is 19.8 Å². The quantitative estimate of drug-likeness (QED) is 0.196. The van der Waals surface area contributed by atoms with Crippen LogP contribution in [0.25, 0.3) is 22.0 Å². The molecule has 0 saturated carbocycles. The molecule has 0 unspecified atom stereocenters. The highest BCUT2D eigenvalue weighted by atomic mass is 79.9. The van der Waals surface area contributed by atoms with Crippen LogP contribution in [0.3, 0.4) is 0 Å². The van der Waals surface area contributed by atoms with Crippen LogP contribution in [0.5, 0.6) is 0 Å². The third kappa shape index (κ3) is 4.97. The molecule has 2 aliphatic rings. The number of nitrogens with one attached hydrogen (secondary N) is 1. The Labute approximate surface area is 256 Å². The van der Waals surface area contributed by atoms with E-state index in [1.54, 1.807) is 23.1 Å². The van der Waals surface area contributed by atoms with Crippen LogP contribution in [0, 0.1) is 31.1 Å². The van der Waals surface area contributed by atoms with E-state index >= 15 is 0 Å². The van der Waals surface area contributed by atoms with Gasteiger partial charge in [0.15, 0.2) is 5.82 Å². The van der Waals surface area contributed by atoms with Crippen molar-refractivity contribution in [2.45, 2.75) is 58.8 Å². The molecule has 4 aromatic rings. The fourth-order valence-electron chi connectivity index (χ4n) is 5.95. The van der Waals surface area contributed by atoms with Crippen molar-refractivity contribution < 1.29 is 19.8 Å². The normalized spacial score (nSPS) is 20.4. The summed E-state index contributed by atoms with van der Waals surface area (Å²) in [5, 5.41) is 28.1. The van der Waals surface area contributed by atoms with E-state index in [0.29, 0.717) is 22.7 Å². The number of pyridine rings is 1. The first-order chi connectivity index (χ1) is 20.7. The van der Waals surface area contributed by atoms with E-state index in [2.05, 4.69) is 48.0 Å². The molecule has 6 rings (SSSR count). The van der Waals surface area contributed by atoms with Crippen LogP contribution >= 0.6 is 15.9 Å². The van der Waals surface area contributed by atoms with Crippen LogP contribution in [0.15, 0.2) is 41.3 Å². The van der Waals surface area contributed by atoms with Crippen molar-refractivity contribution in [3.05, 3.63) is 63.9 Å². The third-order valence-corrected chi connectivity index (χ3v) is 8.68. The molecule has 1 aromatic carbocycles. The summed E-state index contributed by atoms with van der Waals surface area (Å²) in [6, 6.07) is 6.21. The Balaban J connectivity index is 1.32. The molecule has 2 amide bonds. The van der Waals surface area contributed by atoms with Gasteiger partial charge in [-0.2, -0.15) is 5.10 Å². The van der Waals surface area contributed by atoms with Crippen molar-refractivity contribution in [3.8, 4) is 23.0 Å². The molecule has 3 aromatic heterocycles. The zero-order valence-corrected chi connectivity index (χ0v) is 25.5. The molecular formula is C31H30BrN7O4. The van der Waals surface area contributed by atoms with Gasteiger partial charge in [0.2, 0.25) is 11.8 Å². The number of aromatic nitrogens is 5. The number of amides is 2. The summed E-state index contributed by atoms with van der Waals surface area (Å²) in [5.74, 6) is 6.10. The summed E-state index contributed by atoms with van der Waals surface area (Å²) in [7, 11) is 0. The summed E-state index contributed by atoms with van der Waals surface area (Å²) in [6.07, 6.45) is 4.23. The standard InChI is InChI=1S/C31H30BrN7O4/c1-4-22-21-10-19(20-12-33-26(15-40)34-13-20)9-18(3)28(21)38(37-22)14-27(42)39-23(11-31(16-41)8-7-24(31)39)30(43)36-29-17(2)5-6-25(32)35-29/h5-6,9-10,12-13,23-24,40-41H,4,11,14-16H2,1-3H3,(H,35,36,43)/t23-,24+,31+/m0/s1. The van der Waals surface area contributed by atoms with Gasteiger partial charge in [-0.05, 0) is 77.5 Å². The van der Waals surface area contributed by atoms with Crippen LogP contribution in [0.1, 0.15) is 36.0 Å². The number of aliphatic hydroxyl groups is 2. The average Bonchev–Trinajstić information content (AvgIpc) is 3.46. The molecule has 3 atom stereocenters. The van der Waals surface area contributed by atoms with Gasteiger partial charge in [-0.25, -0.2) is 15.0 Å². The molecule has 1 aliphatic heterocycles. The molecule has 0 spiro atoms. The first-order valence-electron chi connectivity index (χ1n) is 14.0. The summed E-state index contributed by atoms with van der Waals surface area (Å²) < 4.78 is 2.27. The van der Waals surface area contributed by atoms with Gasteiger partial charge in [-0.1, -0.05) is 24.8 Å². The molecule has 1 saturated heterocycles. The fraction of sp³-hybridized carbons (Fsp3) is 0.355. The van der Waals surface area contributed by atoms with Crippen molar-refractivity contribution in [1.29, 1.82) is 0 Å². The summed E-state index contributed by atoms with van der Waals surface area (Å²) in [6.45, 7) is 5.24. The number of rotatable bonds is 8. The van der Waals surface area contributed by atoms with Gasteiger partial charge in [0, 0.05) is 23.3 Å². The average molecular weight is 645 g/mol. The Bertz CT molecular complexity index is 1830. The van der Waals surface area contributed by atoms with Gasteiger partial charge < -0.3 is 20.4 Å². The predicted octanol–water partition coefficient (Wildman–Crippen LogP) is 2.93. The second-order valence-electron chi connectivity index (χ2n) is 11.0. The highest BCUT2D eigenvalue weighted by Gasteiger charge is 2.58. The summed E-state index contributed by atoms with van der Waals surface area (Å²) in [5.41, 5.74) is 4.22. The van der Waals surface area contributed by atoms with E-state index in [1.807, 2.05) is 39.0 Å². The number of anilines is 1. The van der Waals surface area contributed by atoms with E-state index in [-0.39, 0.29) is 38.0 Å². The maximum atomic E-state index is 14.0. The Morgan fingerprint density at radius 2 is 1.91 bits per heavy atom. The number of carbonyl (C=O) groups is 2. The van der Waals surface area contributed by atoms with Crippen molar-refractivity contribution in [3.63, 3.8) is 0 Å². The van der Waals surface area contributed by atoms with Crippen LogP contribution < -0.4 is 5.32 Å². The number of fused-ring (bicyclic) bond motifs is 2. The molecule has 4 heterocycles. The molecule has 11 nitrogen and oxygen atoms in total. The van der Waals surface area contributed by atoms with E-state index < -0.39 is 17.5 Å². The van der Waals surface area contributed by atoms with Crippen molar-refractivity contribution in [2.24, 2.45) is 5.41 Å². The van der Waals surface area contributed by atoms with Gasteiger partial charge >= 0.3 is 0 Å². The van der Waals surface area contributed by atoms with Crippen LogP contribution in [0.4, 0.5) is 5.82 Å². The zero-order chi connectivity index (χ0) is 30.5. The number of aryl methyl sites for hydroxylation is 3. The largest absolute Gasteiger partial charge is 0.395 e. The van der Waals surface area contributed by atoms with Gasteiger partial charge in [-0.15, -0.1) is 0 Å². The number of hydrogen-bond acceptors (Lipinski definition) is 8. The first-order valence-corrected chi connectivity index (χ1v) is 14.8. The summed E-state index contributed by atoms with van der Waals surface area (Å²) >= 11 is 3.34. The Morgan fingerprint density at radius 1 is 1.14 bits per heavy atom. The van der Waals surface area contributed by atoms with Gasteiger partial charge in [-0.3, -0.25) is 14.3 Å². The number of carbonyl (C=O) groups excluding carboxylic acids is 2. The Kier molecular flexibility index (Phi) is 7.50. The number of benzene rings is 1. The van der Waals surface area contributed by atoms with Gasteiger partial charge in [0.05, 0.1) is 23.2 Å². The highest BCUT2D eigenvalue weighted by molar-refractivity contribution is 9.10. The molecule has 1 fully saturated rings. The number of nitrogens with zero attached hydrogens (tertiary/aromatic N) is 6. The predicted molar refractivity (Wildman–Crippen MR) is 162 cm³/mol. The highest BCUT2D eigenvalue weighted by Crippen LogP contribution is 2.45. The lowest BCUT2D eigenvalue weighted by atomic mass is 9.74. The topological polar surface area (TPSA) is 146 Å². The monoisotopic (exact) mass is 643 g/mol. The number of aliphatic hydroxyl groups excluding tert-OH is 2. The Hall–Kier alpha value is -4.18. The van der Waals surface area contributed by atoms with Crippen molar-refractivity contribution in [1.82, 2.24) is 29.6 Å². The van der Waals surface area contributed by atoms with Crippen molar-refractivity contribution in [2.75, 3.05) is 11.9 Å². The lowest BCUT2D eigenvalue weighted by molar-refractivity contribution is -0.138. The SMILES string of the molecule is CCc1nn(CC(=O)N2[C@H](C(=O)Nc3nc(Br)ccc3C)C[C@@]3(CO)C#C[C@@H]23)c2c(C)cc(-c3cnc(CO)nc3)cc12. The van der Waals surface area contributed by atoms with E-state index in [0.717, 1.165) is 38.9 Å². The minimum atomic E-state index is -0.852. The number of halogens is 1. The first kappa shape index (κ1) is 28.9. The minimum absolute atomic E-state index is 0.0946. The zero-order valence-electron chi connectivity index (χ0n) is 23.9. The maximum absolute atomic E-state index is 14.0. The molecular weight excluding hydrogens is 614 g/mol. The number of likely N-dealkylation sites (tertiary alicyclic amines) is 1. The molecule has 3 N–H and O–H groups in total. The summed E-state index contributed by atoms with van der Waals surface area (Å²) in [4.78, 5) is 41.9. The fourth-order valence-corrected chi connectivity index (χ4v) is 6.26. The lowest BCUT2D eigenvalue weighted by Crippen LogP contribution is -2.51. The van der Waals surface area contributed by atoms with Crippen molar-refractivity contribution >= 4 is 44.5 Å². The van der Waals surface area contributed by atoms with Crippen LogP contribution in [0.2, 0.25) is 0 Å². The minimum Gasteiger partial charge on any atom is -0.395 e. The molecule has 0 bridgehead atoms. The lowest BCUT2D eigenvalue weighted by Gasteiger charge is -2.35. The maximum Gasteiger partial charge on any atom is 0.248 e. The molecule has 1 aliphatic carbocycles. The van der Waals surface area contributed by atoms with Gasteiger partial charge in [0.25, 0.3) is 0 Å². The number of hydrogen-bond donors (Lipinski definition) is 3. The molecule has 12 heteroatoms. The smallest absolute Gasteiger partial charge is 0.248 e. The molecule has 43 heavy (non-hydrogen) atoms.